The molecule has 0 aliphatic carbocycles. The maximum absolute atomic E-state index is 12.3. The molecule has 1 N–H and O–H groups in total. The molecule has 0 aromatic carbocycles. The SMILES string of the molecule is Cl.Cl.O=C(C1COCCN1)N1CCN(CC2CCOC2)CC1. The molecule has 3 heterocycles. The van der Waals surface area contributed by atoms with Gasteiger partial charge < -0.3 is 19.7 Å². The summed E-state index contributed by atoms with van der Waals surface area (Å²) in [4.78, 5) is 16.8. The van der Waals surface area contributed by atoms with Gasteiger partial charge >= 0.3 is 0 Å². The normalized spacial score (nSPS) is 29.5. The van der Waals surface area contributed by atoms with Crippen LogP contribution in [0.4, 0.5) is 0 Å². The van der Waals surface area contributed by atoms with E-state index in [1.807, 2.05) is 4.90 Å². The Bertz CT molecular complexity index is 329. The fourth-order valence-electron chi connectivity index (χ4n) is 3.19. The smallest absolute Gasteiger partial charge is 0.242 e. The van der Waals surface area contributed by atoms with Gasteiger partial charge in [-0.15, -0.1) is 24.8 Å². The average Bonchev–Trinajstić information content (AvgIpc) is 3.01. The van der Waals surface area contributed by atoms with E-state index in [1.54, 1.807) is 0 Å². The second-order valence-corrected chi connectivity index (χ2v) is 5.94. The number of morpholine rings is 1. The van der Waals surface area contributed by atoms with Gasteiger partial charge in [0, 0.05) is 45.9 Å². The number of nitrogens with zero attached hydrogens (tertiary/aromatic N) is 2. The summed E-state index contributed by atoms with van der Waals surface area (Å²) in [5, 5.41) is 3.24. The number of rotatable bonds is 3. The number of hydrogen-bond donors (Lipinski definition) is 1. The van der Waals surface area contributed by atoms with Crippen molar-refractivity contribution in [1.29, 1.82) is 0 Å². The van der Waals surface area contributed by atoms with Crippen LogP contribution < -0.4 is 5.32 Å². The number of piperazine rings is 1. The predicted molar refractivity (Wildman–Crippen MR) is 89.1 cm³/mol. The van der Waals surface area contributed by atoms with Crippen molar-refractivity contribution < 1.29 is 14.3 Å². The fourth-order valence-corrected chi connectivity index (χ4v) is 3.19. The maximum Gasteiger partial charge on any atom is 0.242 e. The number of ether oxygens (including phenoxy) is 2. The molecule has 2 atom stereocenters. The largest absolute Gasteiger partial charge is 0.381 e. The summed E-state index contributed by atoms with van der Waals surface area (Å²) >= 11 is 0. The third-order valence-electron chi connectivity index (χ3n) is 4.44. The summed E-state index contributed by atoms with van der Waals surface area (Å²) in [5.41, 5.74) is 0. The molecule has 0 bridgehead atoms. The lowest BCUT2D eigenvalue weighted by molar-refractivity contribution is -0.138. The third kappa shape index (κ3) is 5.22. The van der Waals surface area contributed by atoms with E-state index in [0.29, 0.717) is 19.1 Å². The highest BCUT2D eigenvalue weighted by molar-refractivity contribution is 5.85. The Morgan fingerprint density at radius 2 is 1.77 bits per heavy atom. The Kier molecular flexibility index (Phi) is 8.97. The molecule has 3 aliphatic heterocycles. The van der Waals surface area contributed by atoms with E-state index in [4.69, 9.17) is 9.47 Å². The zero-order valence-electron chi connectivity index (χ0n) is 12.9. The zero-order valence-corrected chi connectivity index (χ0v) is 14.5. The molecule has 3 fully saturated rings. The van der Waals surface area contributed by atoms with Crippen LogP contribution >= 0.6 is 24.8 Å². The van der Waals surface area contributed by atoms with Crippen LogP contribution in [0.2, 0.25) is 0 Å². The van der Waals surface area contributed by atoms with E-state index < -0.39 is 0 Å². The second kappa shape index (κ2) is 9.90. The summed E-state index contributed by atoms with van der Waals surface area (Å²) in [6, 6.07) is -0.140. The molecule has 0 saturated carbocycles. The first-order valence-corrected chi connectivity index (χ1v) is 7.73. The van der Waals surface area contributed by atoms with Crippen molar-refractivity contribution in [2.24, 2.45) is 5.92 Å². The molecule has 0 aromatic heterocycles. The topological polar surface area (TPSA) is 54.0 Å². The number of hydrogen-bond acceptors (Lipinski definition) is 5. The van der Waals surface area contributed by atoms with Crippen LogP contribution in [0.1, 0.15) is 6.42 Å². The van der Waals surface area contributed by atoms with E-state index in [0.717, 1.165) is 52.5 Å². The van der Waals surface area contributed by atoms with E-state index >= 15 is 0 Å². The van der Waals surface area contributed by atoms with Gasteiger partial charge in [0.25, 0.3) is 0 Å². The van der Waals surface area contributed by atoms with Gasteiger partial charge in [-0.05, 0) is 12.3 Å². The summed E-state index contributed by atoms with van der Waals surface area (Å²) in [5.74, 6) is 0.888. The number of carbonyl (C=O) groups is 1. The first-order chi connectivity index (χ1) is 9.83. The van der Waals surface area contributed by atoms with Crippen LogP contribution in [0.3, 0.4) is 0 Å². The number of carbonyl (C=O) groups excluding carboxylic acids is 1. The second-order valence-electron chi connectivity index (χ2n) is 5.94. The van der Waals surface area contributed by atoms with E-state index in [2.05, 4.69) is 10.2 Å². The summed E-state index contributed by atoms with van der Waals surface area (Å²) < 4.78 is 10.8. The quantitative estimate of drug-likeness (QED) is 0.772. The van der Waals surface area contributed by atoms with Crippen molar-refractivity contribution in [2.45, 2.75) is 12.5 Å². The highest BCUT2D eigenvalue weighted by Gasteiger charge is 2.29. The van der Waals surface area contributed by atoms with Crippen LogP contribution in [0.5, 0.6) is 0 Å². The first-order valence-electron chi connectivity index (χ1n) is 7.73. The van der Waals surface area contributed by atoms with Crippen LogP contribution in [0.25, 0.3) is 0 Å². The minimum atomic E-state index is -0.140. The van der Waals surface area contributed by atoms with E-state index in [1.165, 1.54) is 6.42 Å². The molecule has 8 heteroatoms. The lowest BCUT2D eigenvalue weighted by atomic mass is 10.1. The van der Waals surface area contributed by atoms with Crippen LogP contribution in [-0.4, -0.2) is 87.4 Å². The molecule has 22 heavy (non-hydrogen) atoms. The van der Waals surface area contributed by atoms with Gasteiger partial charge in [0.1, 0.15) is 6.04 Å². The molecular formula is C14H27Cl2N3O3. The number of nitrogens with one attached hydrogen (secondary N) is 1. The molecule has 3 aliphatic rings. The van der Waals surface area contributed by atoms with Crippen molar-refractivity contribution in [3.05, 3.63) is 0 Å². The third-order valence-corrected chi connectivity index (χ3v) is 4.44. The monoisotopic (exact) mass is 355 g/mol. The van der Waals surface area contributed by atoms with Crippen LogP contribution in [-0.2, 0) is 14.3 Å². The zero-order chi connectivity index (χ0) is 13.8. The Hall–Kier alpha value is -0.110. The average molecular weight is 356 g/mol. The van der Waals surface area contributed by atoms with Crippen molar-refractivity contribution >= 4 is 30.7 Å². The lowest BCUT2D eigenvalue weighted by Gasteiger charge is -2.38. The summed E-state index contributed by atoms with van der Waals surface area (Å²) in [6.45, 7) is 8.57. The molecule has 0 spiro atoms. The first kappa shape index (κ1) is 19.9. The number of halogens is 2. The van der Waals surface area contributed by atoms with Gasteiger partial charge in [-0.2, -0.15) is 0 Å². The Morgan fingerprint density at radius 3 is 2.36 bits per heavy atom. The molecule has 3 saturated heterocycles. The molecule has 0 radical (unpaired) electrons. The highest BCUT2D eigenvalue weighted by atomic mass is 35.5. The molecule has 3 rings (SSSR count). The highest BCUT2D eigenvalue weighted by Crippen LogP contribution is 2.15. The van der Waals surface area contributed by atoms with Gasteiger partial charge in [-0.25, -0.2) is 0 Å². The molecule has 0 aromatic rings. The Morgan fingerprint density at radius 1 is 1.05 bits per heavy atom. The van der Waals surface area contributed by atoms with Crippen molar-refractivity contribution in [1.82, 2.24) is 15.1 Å². The molecule has 130 valence electrons. The molecule has 6 nitrogen and oxygen atoms in total. The maximum atomic E-state index is 12.3. The van der Waals surface area contributed by atoms with E-state index in [-0.39, 0.29) is 36.8 Å². The molecular weight excluding hydrogens is 329 g/mol. The van der Waals surface area contributed by atoms with Crippen molar-refractivity contribution in [2.75, 3.05) is 65.7 Å². The molecule has 2 unspecified atom stereocenters. The van der Waals surface area contributed by atoms with Gasteiger partial charge in [-0.3, -0.25) is 9.69 Å². The Labute approximate surface area is 144 Å². The minimum absolute atomic E-state index is 0. The van der Waals surface area contributed by atoms with Gasteiger partial charge in [0.05, 0.1) is 19.8 Å². The summed E-state index contributed by atoms with van der Waals surface area (Å²) in [7, 11) is 0. The lowest BCUT2D eigenvalue weighted by Crippen LogP contribution is -2.57. The standard InChI is InChI=1S/C14H25N3O3.2ClH/c18-14(13-11-20-8-2-15-13)17-5-3-16(4-6-17)9-12-1-7-19-10-12;;/h12-13,15H,1-11H2;2*1H. The van der Waals surface area contributed by atoms with Crippen LogP contribution in [0, 0.1) is 5.92 Å². The summed E-state index contributed by atoms with van der Waals surface area (Å²) in [6.07, 6.45) is 1.18. The van der Waals surface area contributed by atoms with Gasteiger partial charge in [0.15, 0.2) is 0 Å². The van der Waals surface area contributed by atoms with Crippen LogP contribution in [0.15, 0.2) is 0 Å². The predicted octanol–water partition coefficient (Wildman–Crippen LogP) is -0.000900. The fraction of sp³-hybridized carbons (Fsp3) is 0.929. The van der Waals surface area contributed by atoms with Gasteiger partial charge in [0.2, 0.25) is 5.91 Å². The molecule has 1 amide bonds. The number of amides is 1. The van der Waals surface area contributed by atoms with Crippen molar-refractivity contribution in [3.63, 3.8) is 0 Å². The minimum Gasteiger partial charge on any atom is -0.381 e. The van der Waals surface area contributed by atoms with Gasteiger partial charge in [-0.1, -0.05) is 0 Å². The van der Waals surface area contributed by atoms with E-state index in [9.17, 15) is 4.79 Å². The Balaban J connectivity index is 0.00000121. The van der Waals surface area contributed by atoms with Crippen molar-refractivity contribution in [3.8, 4) is 0 Å².